The minimum atomic E-state index is -0.725. The Hall–Kier alpha value is -1.65. The number of alkyl carbamates (subject to hydrolysis) is 1. The highest BCUT2D eigenvalue weighted by Crippen LogP contribution is 2.18. The minimum Gasteiger partial charge on any atom is -0.445 e. The van der Waals surface area contributed by atoms with Gasteiger partial charge in [0.25, 0.3) is 0 Å². The lowest BCUT2D eigenvalue weighted by atomic mass is 9.88. The lowest BCUT2D eigenvalue weighted by molar-refractivity contribution is 0.127. The molecule has 1 amide bonds. The van der Waals surface area contributed by atoms with Gasteiger partial charge in [-0.05, 0) is 24.5 Å². The summed E-state index contributed by atoms with van der Waals surface area (Å²) < 4.78 is 30.9. The maximum absolute atomic E-state index is 13.3. The molecule has 120 valence electrons. The quantitative estimate of drug-likeness (QED) is 0.882. The van der Waals surface area contributed by atoms with Gasteiger partial charge in [-0.2, -0.15) is 0 Å². The predicted octanol–water partition coefficient (Wildman–Crippen LogP) is 4.65. The molecule has 3 nitrogen and oxygen atoms in total. The molecule has 0 aliphatic rings. The Bertz CT molecular complexity index is 456. The number of rotatable bonds is 3. The van der Waals surface area contributed by atoms with E-state index in [1.807, 2.05) is 41.5 Å². The Morgan fingerprint density at radius 3 is 2.33 bits per heavy atom. The van der Waals surface area contributed by atoms with Crippen LogP contribution in [0.4, 0.5) is 13.6 Å². The van der Waals surface area contributed by atoms with Crippen LogP contribution in [0.25, 0.3) is 0 Å². The highest BCUT2D eigenvalue weighted by Gasteiger charge is 2.22. The second kappa shape index (κ2) is 8.60. The van der Waals surface area contributed by atoms with E-state index in [1.165, 1.54) is 6.07 Å². The van der Waals surface area contributed by atoms with Crippen LogP contribution in [0.1, 0.15) is 47.1 Å². The molecule has 0 aromatic heterocycles. The van der Waals surface area contributed by atoms with E-state index in [4.69, 9.17) is 4.74 Å². The highest BCUT2D eigenvalue weighted by atomic mass is 19.1. The maximum atomic E-state index is 13.3. The van der Waals surface area contributed by atoms with Crippen LogP contribution >= 0.6 is 0 Å². The van der Waals surface area contributed by atoms with Crippen molar-refractivity contribution in [2.45, 2.75) is 54.2 Å². The Kier molecular flexibility index (Phi) is 7.92. The van der Waals surface area contributed by atoms with E-state index in [-0.39, 0.29) is 23.6 Å². The van der Waals surface area contributed by atoms with Gasteiger partial charge in [-0.3, -0.25) is 0 Å². The van der Waals surface area contributed by atoms with Crippen molar-refractivity contribution in [2.24, 2.45) is 5.41 Å². The first-order chi connectivity index (χ1) is 9.70. The molecule has 21 heavy (non-hydrogen) atoms. The van der Waals surface area contributed by atoms with Crippen LogP contribution in [0.15, 0.2) is 18.2 Å². The number of halogens is 2. The predicted molar refractivity (Wildman–Crippen MR) is 79.9 cm³/mol. The first-order valence-electron chi connectivity index (χ1n) is 7.07. The third-order valence-corrected chi connectivity index (χ3v) is 3.01. The summed E-state index contributed by atoms with van der Waals surface area (Å²) in [6, 6.07) is 3.05. The minimum absolute atomic E-state index is 0.0851. The number of nitrogens with one attached hydrogen (secondary N) is 1. The highest BCUT2D eigenvalue weighted by molar-refractivity contribution is 5.67. The molecule has 0 aliphatic heterocycles. The van der Waals surface area contributed by atoms with Crippen LogP contribution in [-0.4, -0.2) is 12.1 Å². The van der Waals surface area contributed by atoms with Gasteiger partial charge in [-0.25, -0.2) is 13.6 Å². The van der Waals surface area contributed by atoms with Gasteiger partial charge in [0.05, 0.1) is 0 Å². The van der Waals surface area contributed by atoms with Gasteiger partial charge >= 0.3 is 6.09 Å². The molecule has 0 spiro atoms. The summed E-state index contributed by atoms with van der Waals surface area (Å²) in [5.74, 6) is -1.39. The monoisotopic (exact) mass is 301 g/mol. The lowest BCUT2D eigenvalue weighted by Gasteiger charge is -2.27. The molecule has 1 unspecified atom stereocenters. The summed E-state index contributed by atoms with van der Waals surface area (Å²) in [6.45, 7) is 11.6. The molecule has 1 atom stereocenters. The van der Waals surface area contributed by atoms with Crippen molar-refractivity contribution < 1.29 is 18.3 Å². The van der Waals surface area contributed by atoms with Crippen LogP contribution < -0.4 is 5.32 Å². The lowest BCUT2D eigenvalue weighted by Crippen LogP contribution is -2.41. The van der Waals surface area contributed by atoms with Gasteiger partial charge in [-0.15, -0.1) is 0 Å². The van der Waals surface area contributed by atoms with Crippen molar-refractivity contribution in [3.63, 3.8) is 0 Å². The molecule has 5 heteroatoms. The molecular formula is C16H25F2NO2. The first-order valence-corrected chi connectivity index (χ1v) is 7.07. The van der Waals surface area contributed by atoms with E-state index in [0.717, 1.165) is 12.1 Å². The van der Waals surface area contributed by atoms with Crippen molar-refractivity contribution >= 4 is 6.09 Å². The van der Waals surface area contributed by atoms with Crippen LogP contribution in [0, 0.1) is 17.0 Å². The zero-order valence-corrected chi connectivity index (χ0v) is 13.6. The van der Waals surface area contributed by atoms with Gasteiger partial charge in [0.1, 0.15) is 18.2 Å². The number of carbonyl (C=O) groups excluding carboxylic acids is 1. The van der Waals surface area contributed by atoms with E-state index in [1.54, 1.807) is 0 Å². The smallest absolute Gasteiger partial charge is 0.407 e. The second-order valence-corrected chi connectivity index (χ2v) is 5.54. The second-order valence-electron chi connectivity index (χ2n) is 5.54. The average Bonchev–Trinajstić information content (AvgIpc) is 2.39. The fourth-order valence-corrected chi connectivity index (χ4v) is 1.22. The molecule has 0 saturated heterocycles. The molecule has 1 rings (SSSR count). The summed E-state index contributed by atoms with van der Waals surface area (Å²) in [7, 11) is 0. The Morgan fingerprint density at radius 1 is 1.29 bits per heavy atom. The first kappa shape index (κ1) is 19.4. The fraction of sp³-hybridized carbons (Fsp3) is 0.562. The number of hydrogen-bond acceptors (Lipinski definition) is 2. The van der Waals surface area contributed by atoms with Crippen molar-refractivity contribution in [1.82, 2.24) is 5.32 Å². The maximum Gasteiger partial charge on any atom is 0.407 e. The molecule has 1 N–H and O–H groups in total. The van der Waals surface area contributed by atoms with Crippen molar-refractivity contribution in [2.75, 3.05) is 0 Å². The van der Waals surface area contributed by atoms with E-state index in [2.05, 4.69) is 5.32 Å². The number of carbonyl (C=O) groups is 1. The summed E-state index contributed by atoms with van der Waals surface area (Å²) in [6.07, 6.45) is -0.619. The standard InChI is InChI=1S/C14H19F2NO2.C2H6/c1-9(14(2,3)4)17-13(18)19-8-10-5-6-11(15)7-12(10)16;1-2/h5-7,9H,8H2,1-4H3,(H,17,18);1-2H3. The van der Waals surface area contributed by atoms with Crippen LogP contribution in [0.2, 0.25) is 0 Å². The van der Waals surface area contributed by atoms with E-state index in [0.29, 0.717) is 0 Å². The number of benzene rings is 1. The van der Waals surface area contributed by atoms with E-state index >= 15 is 0 Å². The SMILES string of the molecule is CC.CC(NC(=O)OCc1ccc(F)cc1F)C(C)(C)C. The van der Waals surface area contributed by atoms with Gasteiger partial charge in [0.2, 0.25) is 0 Å². The van der Waals surface area contributed by atoms with Crippen molar-refractivity contribution in [3.05, 3.63) is 35.4 Å². The van der Waals surface area contributed by atoms with E-state index in [9.17, 15) is 13.6 Å². The number of hydrogen-bond donors (Lipinski definition) is 1. The van der Waals surface area contributed by atoms with Crippen LogP contribution in [0.5, 0.6) is 0 Å². The number of amides is 1. The molecular weight excluding hydrogens is 276 g/mol. The Balaban J connectivity index is 0.00000191. The zero-order valence-electron chi connectivity index (χ0n) is 13.6. The van der Waals surface area contributed by atoms with E-state index < -0.39 is 17.7 Å². The third-order valence-electron chi connectivity index (χ3n) is 3.01. The summed E-state index contributed by atoms with van der Waals surface area (Å²) >= 11 is 0. The average molecular weight is 301 g/mol. The summed E-state index contributed by atoms with van der Waals surface area (Å²) in [5, 5.41) is 2.66. The molecule has 0 bridgehead atoms. The fourth-order valence-electron chi connectivity index (χ4n) is 1.22. The van der Waals surface area contributed by atoms with Gasteiger partial charge in [0, 0.05) is 17.7 Å². The Morgan fingerprint density at radius 2 is 1.86 bits per heavy atom. The summed E-state index contributed by atoms with van der Waals surface area (Å²) in [4.78, 5) is 11.5. The Labute approximate surface area is 125 Å². The van der Waals surface area contributed by atoms with Gasteiger partial charge in [0.15, 0.2) is 0 Å². The normalized spacial score (nSPS) is 12.0. The molecule has 0 radical (unpaired) electrons. The zero-order chi connectivity index (χ0) is 16.6. The van der Waals surface area contributed by atoms with Crippen molar-refractivity contribution in [1.29, 1.82) is 0 Å². The van der Waals surface area contributed by atoms with Gasteiger partial charge in [-0.1, -0.05) is 34.6 Å². The van der Waals surface area contributed by atoms with Crippen LogP contribution in [0.3, 0.4) is 0 Å². The third kappa shape index (κ3) is 7.06. The largest absolute Gasteiger partial charge is 0.445 e. The molecule has 0 saturated carbocycles. The summed E-state index contributed by atoms with van der Waals surface area (Å²) in [5.41, 5.74) is 0.0418. The molecule has 0 heterocycles. The topological polar surface area (TPSA) is 38.3 Å². The van der Waals surface area contributed by atoms with Gasteiger partial charge < -0.3 is 10.1 Å². The van der Waals surface area contributed by atoms with Crippen LogP contribution in [-0.2, 0) is 11.3 Å². The molecule has 1 aromatic carbocycles. The molecule has 0 aliphatic carbocycles. The number of ether oxygens (including phenoxy) is 1. The van der Waals surface area contributed by atoms with Crippen molar-refractivity contribution in [3.8, 4) is 0 Å². The molecule has 1 aromatic rings. The molecule has 0 fully saturated rings.